The maximum atomic E-state index is 12.7. The molecule has 0 aliphatic carbocycles. The van der Waals surface area contributed by atoms with Crippen molar-refractivity contribution >= 4 is 0 Å². The maximum Gasteiger partial charge on any atom is 0.416 e. The second kappa shape index (κ2) is 7.49. The average Bonchev–Trinajstić information content (AvgIpc) is 3.04. The molecule has 1 aliphatic heterocycles. The van der Waals surface area contributed by atoms with Crippen molar-refractivity contribution in [3.05, 3.63) is 35.7 Å². The van der Waals surface area contributed by atoms with Crippen LogP contribution in [0.5, 0.6) is 0 Å². The number of ether oxygens (including phenoxy) is 1. The zero-order valence-corrected chi connectivity index (χ0v) is 13.9. The molecule has 1 saturated heterocycles. The van der Waals surface area contributed by atoms with Gasteiger partial charge in [0, 0.05) is 19.7 Å². The first-order valence-electron chi connectivity index (χ1n) is 8.26. The number of aromatic nitrogens is 4. The van der Waals surface area contributed by atoms with Crippen LogP contribution in [0.3, 0.4) is 0 Å². The third kappa shape index (κ3) is 4.35. The third-order valence-corrected chi connectivity index (χ3v) is 4.28. The van der Waals surface area contributed by atoms with Crippen LogP contribution in [-0.4, -0.2) is 50.9 Å². The average molecular weight is 355 g/mol. The van der Waals surface area contributed by atoms with E-state index >= 15 is 0 Å². The van der Waals surface area contributed by atoms with Gasteiger partial charge in [-0.3, -0.25) is 4.90 Å². The van der Waals surface area contributed by atoms with Crippen LogP contribution in [0, 0.1) is 0 Å². The topological polar surface area (TPSA) is 56.1 Å². The molecule has 25 heavy (non-hydrogen) atoms. The summed E-state index contributed by atoms with van der Waals surface area (Å²) in [7, 11) is 0. The van der Waals surface area contributed by atoms with E-state index in [0.717, 1.165) is 44.7 Å². The Morgan fingerprint density at radius 2 is 1.84 bits per heavy atom. The molecule has 0 bridgehead atoms. The highest BCUT2D eigenvalue weighted by Crippen LogP contribution is 2.29. The molecule has 9 heteroatoms. The van der Waals surface area contributed by atoms with E-state index < -0.39 is 11.7 Å². The summed E-state index contributed by atoms with van der Waals surface area (Å²) in [6.45, 7) is 5.02. The van der Waals surface area contributed by atoms with Crippen molar-refractivity contribution in [1.82, 2.24) is 25.1 Å². The van der Waals surface area contributed by atoms with Gasteiger partial charge < -0.3 is 4.74 Å². The Labute approximate surface area is 143 Å². The van der Waals surface area contributed by atoms with Gasteiger partial charge in [-0.2, -0.15) is 17.9 Å². The number of nitrogens with zero attached hydrogens (tertiary/aromatic N) is 5. The van der Waals surface area contributed by atoms with Crippen LogP contribution in [0.4, 0.5) is 13.2 Å². The first-order chi connectivity index (χ1) is 12.0. The SMILES string of the molecule is CCOC1CCN(Cc2nnnn2-c2ccc(C(F)(F)F)cc2)CC1. The molecule has 136 valence electrons. The zero-order valence-electron chi connectivity index (χ0n) is 13.9. The van der Waals surface area contributed by atoms with E-state index in [1.165, 1.54) is 16.8 Å². The second-order valence-electron chi connectivity index (χ2n) is 5.98. The van der Waals surface area contributed by atoms with Crippen molar-refractivity contribution in [1.29, 1.82) is 0 Å². The molecule has 1 fully saturated rings. The Morgan fingerprint density at radius 1 is 1.16 bits per heavy atom. The van der Waals surface area contributed by atoms with Gasteiger partial charge >= 0.3 is 6.18 Å². The van der Waals surface area contributed by atoms with E-state index in [9.17, 15) is 13.2 Å². The quantitative estimate of drug-likeness (QED) is 0.825. The van der Waals surface area contributed by atoms with Crippen molar-refractivity contribution in [3.8, 4) is 5.69 Å². The highest BCUT2D eigenvalue weighted by Gasteiger charge is 2.30. The molecule has 3 rings (SSSR count). The molecular formula is C16H20F3N5O. The van der Waals surface area contributed by atoms with Gasteiger partial charge in [-0.1, -0.05) is 0 Å². The lowest BCUT2D eigenvalue weighted by Crippen LogP contribution is -2.37. The molecule has 0 unspecified atom stereocenters. The zero-order chi connectivity index (χ0) is 17.9. The van der Waals surface area contributed by atoms with E-state index in [1.54, 1.807) is 0 Å². The normalized spacial score (nSPS) is 17.1. The summed E-state index contributed by atoms with van der Waals surface area (Å²) in [6.07, 6.45) is -2.15. The number of hydrogen-bond donors (Lipinski definition) is 0. The molecule has 1 aromatic heterocycles. The third-order valence-electron chi connectivity index (χ3n) is 4.28. The monoisotopic (exact) mass is 355 g/mol. The largest absolute Gasteiger partial charge is 0.416 e. The number of rotatable bonds is 5. The van der Waals surface area contributed by atoms with Gasteiger partial charge in [0.1, 0.15) is 0 Å². The number of piperidine rings is 1. The van der Waals surface area contributed by atoms with Gasteiger partial charge in [-0.25, -0.2) is 0 Å². The van der Waals surface area contributed by atoms with Crippen LogP contribution in [0.2, 0.25) is 0 Å². The molecule has 0 saturated carbocycles. The molecule has 1 aliphatic rings. The minimum absolute atomic E-state index is 0.298. The molecule has 0 atom stereocenters. The van der Waals surface area contributed by atoms with Gasteiger partial charge in [-0.05, 0) is 54.5 Å². The molecule has 2 heterocycles. The first kappa shape index (κ1) is 17.8. The van der Waals surface area contributed by atoms with Crippen molar-refractivity contribution in [3.63, 3.8) is 0 Å². The Kier molecular flexibility index (Phi) is 5.33. The Morgan fingerprint density at radius 3 is 2.44 bits per heavy atom. The first-order valence-corrected chi connectivity index (χ1v) is 8.26. The number of alkyl halides is 3. The number of likely N-dealkylation sites (tertiary alicyclic amines) is 1. The van der Waals surface area contributed by atoms with Crippen LogP contribution in [0.15, 0.2) is 24.3 Å². The van der Waals surface area contributed by atoms with Crippen molar-refractivity contribution in [2.24, 2.45) is 0 Å². The molecule has 1 aromatic carbocycles. The lowest BCUT2D eigenvalue weighted by atomic mass is 10.1. The maximum absolute atomic E-state index is 12.7. The van der Waals surface area contributed by atoms with Crippen molar-refractivity contribution < 1.29 is 17.9 Å². The van der Waals surface area contributed by atoms with E-state index in [4.69, 9.17) is 4.74 Å². The second-order valence-corrected chi connectivity index (χ2v) is 5.98. The van der Waals surface area contributed by atoms with Crippen molar-refractivity contribution in [2.45, 2.75) is 38.6 Å². The molecule has 0 amide bonds. The Balaban J connectivity index is 1.67. The minimum Gasteiger partial charge on any atom is -0.378 e. The summed E-state index contributed by atoms with van der Waals surface area (Å²) in [6, 6.07) is 4.83. The Hall–Kier alpha value is -2.00. The van der Waals surface area contributed by atoms with E-state index in [0.29, 0.717) is 24.2 Å². The Bertz CT molecular complexity index is 678. The molecular weight excluding hydrogens is 335 g/mol. The summed E-state index contributed by atoms with van der Waals surface area (Å²) in [5.41, 5.74) is -0.180. The van der Waals surface area contributed by atoms with Crippen LogP contribution >= 0.6 is 0 Å². The molecule has 0 N–H and O–H groups in total. The number of tetrazole rings is 1. The van der Waals surface area contributed by atoms with Crippen LogP contribution < -0.4 is 0 Å². The van der Waals surface area contributed by atoms with Crippen LogP contribution in [-0.2, 0) is 17.5 Å². The van der Waals surface area contributed by atoms with Gasteiger partial charge in [0.15, 0.2) is 5.82 Å². The molecule has 6 nitrogen and oxygen atoms in total. The van der Waals surface area contributed by atoms with Crippen molar-refractivity contribution in [2.75, 3.05) is 19.7 Å². The summed E-state index contributed by atoms with van der Waals surface area (Å²) in [5.74, 6) is 0.606. The van der Waals surface area contributed by atoms with Crippen LogP contribution in [0.1, 0.15) is 31.2 Å². The van der Waals surface area contributed by atoms with E-state index in [2.05, 4.69) is 20.4 Å². The predicted octanol–water partition coefficient (Wildman–Crippen LogP) is 2.68. The van der Waals surface area contributed by atoms with Gasteiger partial charge in [0.2, 0.25) is 0 Å². The van der Waals surface area contributed by atoms with Gasteiger partial charge in [-0.15, -0.1) is 5.10 Å². The predicted molar refractivity (Wildman–Crippen MR) is 84.1 cm³/mol. The number of halogens is 3. The highest BCUT2D eigenvalue weighted by molar-refractivity contribution is 5.35. The fourth-order valence-electron chi connectivity index (χ4n) is 2.97. The number of benzene rings is 1. The minimum atomic E-state index is -4.35. The molecule has 0 spiro atoms. The van der Waals surface area contributed by atoms with Crippen LogP contribution in [0.25, 0.3) is 5.69 Å². The fourth-order valence-corrected chi connectivity index (χ4v) is 2.97. The summed E-state index contributed by atoms with van der Waals surface area (Å²) < 4.78 is 45.1. The van der Waals surface area contributed by atoms with Gasteiger partial charge in [0.05, 0.1) is 23.9 Å². The summed E-state index contributed by atoms with van der Waals surface area (Å²) >= 11 is 0. The summed E-state index contributed by atoms with van der Waals surface area (Å²) in [5, 5.41) is 11.6. The van der Waals surface area contributed by atoms with Gasteiger partial charge in [0.25, 0.3) is 0 Å². The summed E-state index contributed by atoms with van der Waals surface area (Å²) in [4.78, 5) is 2.22. The lowest BCUT2D eigenvalue weighted by Gasteiger charge is -2.31. The molecule has 2 aromatic rings. The fraction of sp³-hybridized carbons (Fsp3) is 0.562. The highest BCUT2D eigenvalue weighted by atomic mass is 19.4. The lowest BCUT2D eigenvalue weighted by molar-refractivity contribution is -0.137. The molecule has 0 radical (unpaired) electrons. The van der Waals surface area contributed by atoms with E-state index in [-0.39, 0.29) is 0 Å². The number of hydrogen-bond acceptors (Lipinski definition) is 5. The van der Waals surface area contributed by atoms with E-state index in [1.807, 2.05) is 6.92 Å². The standard InChI is InChI=1S/C16H20F3N5O/c1-2-25-14-7-9-23(10-8-14)11-15-20-21-22-24(15)13-5-3-12(4-6-13)16(17,18)19/h3-6,14H,2,7-11H2,1H3. The smallest absolute Gasteiger partial charge is 0.378 e.